The van der Waals surface area contributed by atoms with Crippen LogP contribution in [0.5, 0.6) is 0 Å². The van der Waals surface area contributed by atoms with Gasteiger partial charge in [0.1, 0.15) is 0 Å². The summed E-state index contributed by atoms with van der Waals surface area (Å²) in [5, 5.41) is 12.3. The molecule has 0 atom stereocenters. The highest BCUT2D eigenvalue weighted by Crippen LogP contribution is 2.24. The average molecular weight is 382 g/mol. The van der Waals surface area contributed by atoms with Crippen molar-refractivity contribution in [1.29, 1.82) is 0 Å². The lowest BCUT2D eigenvalue weighted by Gasteiger charge is -2.09. The molecule has 0 bridgehead atoms. The van der Waals surface area contributed by atoms with E-state index in [1.54, 1.807) is 12.4 Å². The molecule has 0 spiro atoms. The molecule has 6 nitrogen and oxygen atoms in total. The summed E-state index contributed by atoms with van der Waals surface area (Å²) in [6.07, 6.45) is 5.61. The zero-order valence-electron chi connectivity index (χ0n) is 15.6. The SMILES string of the molecule is CCCCn1c(SCC(=O)Nc2ccc(C)cc2)nnc1-c1cccnc1. The highest BCUT2D eigenvalue weighted by molar-refractivity contribution is 7.99. The summed E-state index contributed by atoms with van der Waals surface area (Å²) in [4.78, 5) is 16.4. The Morgan fingerprint density at radius 1 is 1.19 bits per heavy atom. The number of anilines is 1. The van der Waals surface area contributed by atoms with Crippen LogP contribution in [0.3, 0.4) is 0 Å². The molecule has 3 aromatic rings. The number of carbonyl (C=O) groups is 1. The third-order valence-corrected chi connectivity index (χ3v) is 5.01. The monoisotopic (exact) mass is 381 g/mol. The second-order valence-electron chi connectivity index (χ2n) is 6.26. The number of rotatable bonds is 8. The Labute approximate surface area is 163 Å². The Balaban J connectivity index is 1.69. The molecule has 0 fully saturated rings. The van der Waals surface area contributed by atoms with Crippen molar-refractivity contribution >= 4 is 23.4 Å². The first-order valence-electron chi connectivity index (χ1n) is 9.00. The minimum absolute atomic E-state index is 0.0585. The van der Waals surface area contributed by atoms with Crippen molar-refractivity contribution in [3.8, 4) is 11.4 Å². The van der Waals surface area contributed by atoms with Gasteiger partial charge in [-0.1, -0.05) is 42.8 Å². The van der Waals surface area contributed by atoms with Gasteiger partial charge < -0.3 is 9.88 Å². The van der Waals surface area contributed by atoms with Gasteiger partial charge in [-0.25, -0.2) is 0 Å². The molecule has 1 aromatic carbocycles. The maximum absolute atomic E-state index is 12.3. The van der Waals surface area contributed by atoms with E-state index in [-0.39, 0.29) is 11.7 Å². The van der Waals surface area contributed by atoms with E-state index in [1.165, 1.54) is 11.8 Å². The van der Waals surface area contributed by atoms with Crippen LogP contribution in [0.25, 0.3) is 11.4 Å². The van der Waals surface area contributed by atoms with E-state index in [9.17, 15) is 4.79 Å². The number of unbranched alkanes of at least 4 members (excludes halogenated alkanes) is 1. The fraction of sp³-hybridized carbons (Fsp3) is 0.300. The van der Waals surface area contributed by atoms with Crippen molar-refractivity contribution in [2.75, 3.05) is 11.1 Å². The number of nitrogens with zero attached hydrogens (tertiary/aromatic N) is 4. The van der Waals surface area contributed by atoms with E-state index in [1.807, 2.05) is 43.3 Å². The first-order valence-corrected chi connectivity index (χ1v) is 9.99. The molecule has 1 N–H and O–H groups in total. The lowest BCUT2D eigenvalue weighted by Crippen LogP contribution is -2.14. The van der Waals surface area contributed by atoms with Gasteiger partial charge in [0.25, 0.3) is 0 Å². The lowest BCUT2D eigenvalue weighted by atomic mass is 10.2. The maximum Gasteiger partial charge on any atom is 0.234 e. The van der Waals surface area contributed by atoms with Crippen molar-refractivity contribution in [3.63, 3.8) is 0 Å². The molecule has 27 heavy (non-hydrogen) atoms. The molecule has 0 aliphatic heterocycles. The molecule has 0 radical (unpaired) electrons. The minimum Gasteiger partial charge on any atom is -0.325 e. The van der Waals surface area contributed by atoms with Crippen molar-refractivity contribution in [2.24, 2.45) is 0 Å². The van der Waals surface area contributed by atoms with Crippen LogP contribution in [-0.2, 0) is 11.3 Å². The van der Waals surface area contributed by atoms with Gasteiger partial charge in [0, 0.05) is 30.2 Å². The number of hydrogen-bond acceptors (Lipinski definition) is 5. The Kier molecular flexibility index (Phi) is 6.59. The fourth-order valence-electron chi connectivity index (χ4n) is 2.59. The molecule has 0 aliphatic carbocycles. The van der Waals surface area contributed by atoms with Crippen LogP contribution in [0.4, 0.5) is 5.69 Å². The van der Waals surface area contributed by atoms with Crippen molar-refractivity contribution in [2.45, 2.75) is 38.4 Å². The Morgan fingerprint density at radius 2 is 2.00 bits per heavy atom. The number of amides is 1. The molecule has 7 heteroatoms. The standard InChI is InChI=1S/C20H23N5OS/c1-3-4-12-25-19(16-6-5-11-21-13-16)23-24-20(25)27-14-18(26)22-17-9-7-15(2)8-10-17/h5-11,13H,3-4,12,14H2,1-2H3,(H,22,26). The first-order chi connectivity index (χ1) is 13.2. The predicted octanol–water partition coefficient (Wildman–Crippen LogP) is 4.18. The molecule has 140 valence electrons. The van der Waals surface area contributed by atoms with Crippen molar-refractivity contribution in [1.82, 2.24) is 19.7 Å². The Morgan fingerprint density at radius 3 is 2.70 bits per heavy atom. The van der Waals surface area contributed by atoms with Gasteiger partial charge in [0.05, 0.1) is 5.75 Å². The molecular weight excluding hydrogens is 358 g/mol. The van der Waals surface area contributed by atoms with Crippen LogP contribution >= 0.6 is 11.8 Å². The van der Waals surface area contributed by atoms with Gasteiger partial charge in [-0.2, -0.15) is 0 Å². The van der Waals surface area contributed by atoms with E-state index < -0.39 is 0 Å². The summed E-state index contributed by atoms with van der Waals surface area (Å²) in [6.45, 7) is 4.98. The largest absolute Gasteiger partial charge is 0.325 e. The highest BCUT2D eigenvalue weighted by Gasteiger charge is 2.15. The van der Waals surface area contributed by atoms with Crippen LogP contribution in [0.15, 0.2) is 53.9 Å². The minimum atomic E-state index is -0.0585. The summed E-state index contributed by atoms with van der Waals surface area (Å²) >= 11 is 1.40. The summed E-state index contributed by atoms with van der Waals surface area (Å²) < 4.78 is 2.07. The number of benzene rings is 1. The molecule has 2 heterocycles. The van der Waals surface area contributed by atoms with Crippen molar-refractivity contribution in [3.05, 3.63) is 54.4 Å². The van der Waals surface area contributed by atoms with E-state index >= 15 is 0 Å². The number of pyridine rings is 1. The quantitative estimate of drug-likeness (QED) is 0.593. The van der Waals surface area contributed by atoms with Gasteiger partial charge >= 0.3 is 0 Å². The van der Waals surface area contributed by atoms with Gasteiger partial charge in [-0.15, -0.1) is 10.2 Å². The van der Waals surface area contributed by atoms with Gasteiger partial charge in [0.2, 0.25) is 5.91 Å². The third kappa shape index (κ3) is 5.17. The van der Waals surface area contributed by atoms with E-state index in [2.05, 4.69) is 32.0 Å². The summed E-state index contributed by atoms with van der Waals surface area (Å²) in [6, 6.07) is 11.6. The van der Waals surface area contributed by atoms with Gasteiger partial charge in [0.15, 0.2) is 11.0 Å². The van der Waals surface area contributed by atoms with Crippen LogP contribution in [0.1, 0.15) is 25.3 Å². The molecule has 0 saturated heterocycles. The lowest BCUT2D eigenvalue weighted by molar-refractivity contribution is -0.113. The number of aromatic nitrogens is 4. The van der Waals surface area contributed by atoms with Crippen LogP contribution in [0, 0.1) is 6.92 Å². The molecular formula is C20H23N5OS. The van der Waals surface area contributed by atoms with E-state index in [4.69, 9.17) is 0 Å². The Hall–Kier alpha value is -2.67. The smallest absolute Gasteiger partial charge is 0.234 e. The zero-order chi connectivity index (χ0) is 19.1. The normalized spacial score (nSPS) is 10.7. The third-order valence-electron chi connectivity index (χ3n) is 4.04. The number of thioether (sulfide) groups is 1. The number of hydrogen-bond donors (Lipinski definition) is 1. The second kappa shape index (κ2) is 9.32. The number of carbonyl (C=O) groups excluding carboxylic acids is 1. The highest BCUT2D eigenvalue weighted by atomic mass is 32.2. The average Bonchev–Trinajstić information content (AvgIpc) is 3.10. The zero-order valence-corrected chi connectivity index (χ0v) is 16.4. The molecule has 0 unspecified atom stereocenters. The molecule has 3 rings (SSSR count). The molecule has 2 aromatic heterocycles. The molecule has 0 saturated carbocycles. The van der Waals surface area contributed by atoms with Crippen LogP contribution in [0.2, 0.25) is 0 Å². The first kappa shape index (κ1) is 19.1. The van der Waals surface area contributed by atoms with Gasteiger partial charge in [-0.3, -0.25) is 9.78 Å². The Bertz CT molecular complexity index is 877. The number of aryl methyl sites for hydroxylation is 1. The molecule has 0 aliphatic rings. The summed E-state index contributed by atoms with van der Waals surface area (Å²) in [7, 11) is 0. The topological polar surface area (TPSA) is 72.7 Å². The second-order valence-corrected chi connectivity index (χ2v) is 7.20. The maximum atomic E-state index is 12.3. The predicted molar refractivity (Wildman–Crippen MR) is 109 cm³/mol. The summed E-state index contributed by atoms with van der Waals surface area (Å²) in [5.74, 6) is 1.01. The van der Waals surface area contributed by atoms with Crippen LogP contribution in [-0.4, -0.2) is 31.4 Å². The van der Waals surface area contributed by atoms with E-state index in [0.29, 0.717) is 0 Å². The van der Waals surface area contributed by atoms with Gasteiger partial charge in [-0.05, 0) is 37.6 Å². The fourth-order valence-corrected chi connectivity index (χ4v) is 3.35. The molecule has 1 amide bonds. The number of nitrogens with one attached hydrogen (secondary N) is 1. The van der Waals surface area contributed by atoms with Crippen LogP contribution < -0.4 is 5.32 Å². The summed E-state index contributed by atoms with van der Waals surface area (Å²) in [5.41, 5.74) is 2.89. The van der Waals surface area contributed by atoms with E-state index in [0.717, 1.165) is 47.2 Å². The van der Waals surface area contributed by atoms with Crippen molar-refractivity contribution < 1.29 is 4.79 Å².